The van der Waals surface area contributed by atoms with Crippen LogP contribution in [0.1, 0.15) is 19.8 Å². The Hall–Kier alpha value is -0.750. The maximum atomic E-state index is 11.5. The molecule has 0 saturated carbocycles. The number of amides is 1. The zero-order valence-electron chi connectivity index (χ0n) is 7.66. The molecule has 0 aromatic heterocycles. The summed E-state index contributed by atoms with van der Waals surface area (Å²) in [5.74, 6) is 0.225. The second-order valence-electron chi connectivity index (χ2n) is 3.42. The van der Waals surface area contributed by atoms with Crippen molar-refractivity contribution in [1.82, 2.24) is 4.90 Å². The Balaban J connectivity index is 2.50. The van der Waals surface area contributed by atoms with E-state index in [9.17, 15) is 4.79 Å². The first-order chi connectivity index (χ1) is 6.15. The van der Waals surface area contributed by atoms with Gasteiger partial charge in [0.15, 0.2) is 0 Å². The van der Waals surface area contributed by atoms with E-state index in [1.54, 1.807) is 4.90 Å². The Morgan fingerprint density at radius 2 is 2.54 bits per heavy atom. The van der Waals surface area contributed by atoms with Crippen LogP contribution in [0.3, 0.4) is 0 Å². The highest BCUT2D eigenvalue weighted by atomic mass is 35.5. The fourth-order valence-electron chi connectivity index (χ4n) is 1.55. The van der Waals surface area contributed by atoms with E-state index in [0.29, 0.717) is 6.54 Å². The Kier molecular flexibility index (Phi) is 3.56. The van der Waals surface area contributed by atoms with Gasteiger partial charge >= 0.3 is 0 Å². The fourth-order valence-corrected chi connectivity index (χ4v) is 1.72. The van der Waals surface area contributed by atoms with Gasteiger partial charge in [-0.2, -0.15) is 5.26 Å². The van der Waals surface area contributed by atoms with Gasteiger partial charge in [-0.15, -0.1) is 11.6 Å². The third-order valence-corrected chi connectivity index (χ3v) is 2.55. The number of alkyl halides is 1. The molecule has 0 aliphatic carbocycles. The van der Waals surface area contributed by atoms with Crippen LogP contribution in [-0.2, 0) is 4.79 Å². The predicted octanol–water partition coefficient (Wildman–Crippen LogP) is 1.38. The Morgan fingerprint density at radius 3 is 3.15 bits per heavy atom. The number of rotatable bonds is 2. The summed E-state index contributed by atoms with van der Waals surface area (Å²) >= 11 is 5.66. The minimum Gasteiger partial charge on any atom is -0.340 e. The van der Waals surface area contributed by atoms with Crippen molar-refractivity contribution in [2.45, 2.75) is 25.1 Å². The van der Waals surface area contributed by atoms with Gasteiger partial charge in [0.2, 0.25) is 5.91 Å². The highest BCUT2D eigenvalue weighted by molar-refractivity contribution is 6.22. The smallest absolute Gasteiger partial charge is 0.225 e. The van der Waals surface area contributed by atoms with E-state index in [1.807, 2.05) is 13.0 Å². The normalized spacial score (nSPS) is 25.5. The average molecular weight is 201 g/mol. The Bertz CT molecular complexity index is 236. The van der Waals surface area contributed by atoms with Crippen LogP contribution in [0.2, 0.25) is 0 Å². The molecule has 72 valence electrons. The van der Waals surface area contributed by atoms with Crippen molar-refractivity contribution in [3.05, 3.63) is 0 Å². The van der Waals surface area contributed by atoms with Crippen molar-refractivity contribution in [3.8, 4) is 6.07 Å². The first kappa shape index (κ1) is 10.3. The second-order valence-corrected chi connectivity index (χ2v) is 3.95. The third-order valence-electron chi connectivity index (χ3n) is 2.32. The van der Waals surface area contributed by atoms with Crippen molar-refractivity contribution in [2.24, 2.45) is 5.92 Å². The molecular weight excluding hydrogens is 188 g/mol. The molecule has 1 rings (SSSR count). The van der Waals surface area contributed by atoms with Crippen LogP contribution >= 0.6 is 11.6 Å². The molecule has 0 radical (unpaired) electrons. The quantitative estimate of drug-likeness (QED) is 0.632. The summed E-state index contributed by atoms with van der Waals surface area (Å²) in [6.45, 7) is 3.03. The number of halogens is 1. The molecule has 0 bridgehead atoms. The minimum atomic E-state index is -0.575. The molecule has 1 saturated heterocycles. The van der Waals surface area contributed by atoms with Crippen LogP contribution in [0.4, 0.5) is 0 Å². The van der Waals surface area contributed by atoms with Crippen molar-refractivity contribution in [2.75, 3.05) is 13.1 Å². The van der Waals surface area contributed by atoms with E-state index in [4.69, 9.17) is 16.9 Å². The van der Waals surface area contributed by atoms with Gasteiger partial charge in [0.05, 0.1) is 12.6 Å². The van der Waals surface area contributed by atoms with Crippen molar-refractivity contribution in [1.29, 1.82) is 5.26 Å². The van der Waals surface area contributed by atoms with Gasteiger partial charge in [-0.25, -0.2) is 0 Å². The molecular formula is C9H13ClN2O. The summed E-state index contributed by atoms with van der Waals surface area (Å²) in [7, 11) is 0. The Labute approximate surface area is 83.3 Å². The number of carbonyl (C=O) groups is 1. The molecule has 1 aliphatic heterocycles. The first-order valence-electron chi connectivity index (χ1n) is 4.47. The summed E-state index contributed by atoms with van der Waals surface area (Å²) in [5.41, 5.74) is 0. The van der Waals surface area contributed by atoms with Crippen LogP contribution in [-0.4, -0.2) is 29.3 Å². The minimum absolute atomic E-state index is 0.0938. The van der Waals surface area contributed by atoms with Gasteiger partial charge in [-0.05, 0) is 12.8 Å². The molecule has 0 spiro atoms. The van der Waals surface area contributed by atoms with Crippen LogP contribution < -0.4 is 0 Å². The number of nitriles is 1. The molecule has 4 heteroatoms. The first-order valence-corrected chi connectivity index (χ1v) is 4.91. The number of likely N-dealkylation sites (tertiary alicyclic amines) is 1. The summed E-state index contributed by atoms with van der Waals surface area (Å²) in [6.07, 6.45) is 1.97. The number of nitrogens with zero attached hydrogens (tertiary/aromatic N) is 2. The molecule has 2 unspecified atom stereocenters. The Morgan fingerprint density at radius 1 is 1.85 bits per heavy atom. The number of carbonyl (C=O) groups excluding carboxylic acids is 1. The van der Waals surface area contributed by atoms with Crippen molar-refractivity contribution < 1.29 is 4.79 Å². The van der Waals surface area contributed by atoms with Crippen molar-refractivity contribution >= 4 is 17.5 Å². The maximum Gasteiger partial charge on any atom is 0.225 e. The van der Waals surface area contributed by atoms with Crippen LogP contribution in [0.25, 0.3) is 0 Å². The van der Waals surface area contributed by atoms with Gasteiger partial charge < -0.3 is 4.90 Å². The van der Waals surface area contributed by atoms with Crippen LogP contribution in [0.15, 0.2) is 0 Å². The topological polar surface area (TPSA) is 44.1 Å². The molecule has 0 aromatic carbocycles. The lowest BCUT2D eigenvalue weighted by Gasteiger charge is -2.30. The highest BCUT2D eigenvalue weighted by Crippen LogP contribution is 2.17. The van der Waals surface area contributed by atoms with E-state index in [2.05, 4.69) is 0 Å². The molecule has 1 amide bonds. The van der Waals surface area contributed by atoms with Gasteiger partial charge in [0.25, 0.3) is 0 Å². The van der Waals surface area contributed by atoms with Gasteiger partial charge in [0, 0.05) is 12.5 Å². The van der Waals surface area contributed by atoms with Crippen molar-refractivity contribution in [3.63, 3.8) is 0 Å². The number of hydrogen-bond acceptors (Lipinski definition) is 2. The highest BCUT2D eigenvalue weighted by Gasteiger charge is 2.26. The van der Waals surface area contributed by atoms with Gasteiger partial charge in [0.1, 0.15) is 5.38 Å². The fraction of sp³-hybridized carbons (Fsp3) is 0.778. The number of piperidine rings is 1. The van der Waals surface area contributed by atoms with E-state index < -0.39 is 5.38 Å². The largest absolute Gasteiger partial charge is 0.340 e. The lowest BCUT2D eigenvalue weighted by atomic mass is 9.99. The van der Waals surface area contributed by atoms with Crippen LogP contribution in [0.5, 0.6) is 0 Å². The molecule has 13 heavy (non-hydrogen) atoms. The molecule has 1 fully saturated rings. The summed E-state index contributed by atoms with van der Waals surface area (Å²) < 4.78 is 0. The van der Waals surface area contributed by atoms with Gasteiger partial charge in [-0.3, -0.25) is 4.79 Å². The average Bonchev–Trinajstić information content (AvgIpc) is 2.13. The SMILES string of the molecule is CC1CCCN(CC(Cl)C#N)C1=O. The van der Waals surface area contributed by atoms with E-state index in [-0.39, 0.29) is 11.8 Å². The molecule has 1 aliphatic rings. The summed E-state index contributed by atoms with van der Waals surface area (Å²) in [5, 5.41) is 7.92. The van der Waals surface area contributed by atoms with E-state index in [0.717, 1.165) is 19.4 Å². The lowest BCUT2D eigenvalue weighted by molar-refractivity contribution is -0.137. The van der Waals surface area contributed by atoms with E-state index >= 15 is 0 Å². The summed E-state index contributed by atoms with van der Waals surface area (Å²) in [4.78, 5) is 13.2. The van der Waals surface area contributed by atoms with E-state index in [1.165, 1.54) is 0 Å². The molecule has 0 aromatic rings. The molecule has 1 heterocycles. The maximum absolute atomic E-state index is 11.5. The zero-order chi connectivity index (χ0) is 9.84. The monoisotopic (exact) mass is 200 g/mol. The zero-order valence-corrected chi connectivity index (χ0v) is 8.42. The molecule has 0 N–H and O–H groups in total. The number of hydrogen-bond donors (Lipinski definition) is 0. The molecule has 2 atom stereocenters. The third kappa shape index (κ3) is 2.60. The second kappa shape index (κ2) is 4.48. The molecule has 3 nitrogen and oxygen atoms in total. The van der Waals surface area contributed by atoms with Crippen LogP contribution in [0, 0.1) is 17.2 Å². The standard InChI is InChI=1S/C9H13ClN2O/c1-7-3-2-4-12(9(7)13)6-8(10)5-11/h7-8H,2-4,6H2,1H3. The predicted molar refractivity (Wildman–Crippen MR) is 50.2 cm³/mol. The van der Waals surface area contributed by atoms with Gasteiger partial charge in [-0.1, -0.05) is 6.92 Å². The summed E-state index contributed by atoms with van der Waals surface area (Å²) in [6, 6.07) is 1.92. The lowest BCUT2D eigenvalue weighted by Crippen LogP contribution is -2.42.